The van der Waals surface area contributed by atoms with Crippen LogP contribution in [-0.4, -0.2) is 25.9 Å². The van der Waals surface area contributed by atoms with Gasteiger partial charge in [0.25, 0.3) is 0 Å². The van der Waals surface area contributed by atoms with Gasteiger partial charge in [0, 0.05) is 17.6 Å². The van der Waals surface area contributed by atoms with Crippen LogP contribution < -0.4 is 0 Å². The molecule has 170 valence electrons. The molecule has 3 aromatic rings. The van der Waals surface area contributed by atoms with Crippen LogP contribution in [0.1, 0.15) is 36.3 Å². The van der Waals surface area contributed by atoms with E-state index in [4.69, 9.17) is 14.2 Å². The topological polar surface area (TPSA) is 27.7 Å². The molecule has 1 aliphatic rings. The van der Waals surface area contributed by atoms with Gasteiger partial charge in [-0.3, -0.25) is 0 Å². The molecule has 1 saturated heterocycles. The summed E-state index contributed by atoms with van der Waals surface area (Å²) in [6.45, 7) is 3.56. The van der Waals surface area contributed by atoms with E-state index < -0.39 is 29.6 Å². The van der Waals surface area contributed by atoms with Gasteiger partial charge in [-0.1, -0.05) is 31.2 Å². The normalized spacial score (nSPS) is 18.9. The summed E-state index contributed by atoms with van der Waals surface area (Å²) in [5.74, 6) is -4.39. The van der Waals surface area contributed by atoms with Crippen molar-refractivity contribution in [2.45, 2.75) is 38.6 Å². The molecule has 0 radical (unpaired) electrons. The molecule has 0 spiro atoms. The van der Waals surface area contributed by atoms with Crippen molar-refractivity contribution >= 4 is 10.8 Å². The van der Waals surface area contributed by atoms with Gasteiger partial charge in [-0.15, -0.1) is 0 Å². The van der Waals surface area contributed by atoms with Gasteiger partial charge in [0.2, 0.25) is 0 Å². The first-order valence-electron chi connectivity index (χ1n) is 10.7. The minimum atomic E-state index is -1.50. The van der Waals surface area contributed by atoms with Crippen molar-refractivity contribution in [2.75, 3.05) is 19.8 Å². The fourth-order valence-corrected chi connectivity index (χ4v) is 3.79. The third-order valence-electron chi connectivity index (χ3n) is 5.48. The highest BCUT2D eigenvalue weighted by molar-refractivity contribution is 5.84. The van der Waals surface area contributed by atoms with Crippen LogP contribution in [0.4, 0.5) is 17.6 Å². The van der Waals surface area contributed by atoms with Crippen LogP contribution in [0.5, 0.6) is 0 Å². The Morgan fingerprint density at radius 3 is 2.28 bits per heavy atom. The summed E-state index contributed by atoms with van der Waals surface area (Å²) in [6, 6.07) is 10.6. The number of aryl methyl sites for hydroxylation is 2. The van der Waals surface area contributed by atoms with Gasteiger partial charge in [-0.25, -0.2) is 17.6 Å². The average Bonchev–Trinajstić information content (AvgIpc) is 2.81. The fraction of sp³-hybridized carbons (Fsp3) is 0.360. The number of fused-ring (bicyclic) bond motifs is 1. The van der Waals surface area contributed by atoms with Crippen LogP contribution >= 0.6 is 0 Å². The van der Waals surface area contributed by atoms with Gasteiger partial charge in [0.15, 0.2) is 23.7 Å². The maximum absolute atomic E-state index is 15.1. The predicted molar refractivity (Wildman–Crippen MR) is 112 cm³/mol. The number of ether oxygens (including phenoxy) is 3. The van der Waals surface area contributed by atoms with Crippen LogP contribution in [0, 0.1) is 23.3 Å². The first-order chi connectivity index (χ1) is 15.5. The summed E-state index contributed by atoms with van der Waals surface area (Å²) in [5.41, 5.74) is 1.47. The minimum absolute atomic E-state index is 0.0882. The summed E-state index contributed by atoms with van der Waals surface area (Å²) in [6.07, 6.45) is 0.707. The Morgan fingerprint density at radius 1 is 0.875 bits per heavy atom. The molecule has 4 rings (SSSR count). The maximum Gasteiger partial charge on any atom is 0.194 e. The van der Waals surface area contributed by atoms with Crippen molar-refractivity contribution in [3.05, 3.63) is 82.4 Å². The van der Waals surface area contributed by atoms with Gasteiger partial charge in [0.1, 0.15) is 11.9 Å². The van der Waals surface area contributed by atoms with E-state index in [9.17, 15) is 13.2 Å². The van der Waals surface area contributed by atoms with Crippen molar-refractivity contribution in [3.63, 3.8) is 0 Å². The van der Waals surface area contributed by atoms with E-state index in [1.807, 2.05) is 13.0 Å². The zero-order valence-electron chi connectivity index (χ0n) is 17.7. The number of rotatable bonds is 7. The lowest BCUT2D eigenvalue weighted by molar-refractivity contribution is -0.230. The van der Waals surface area contributed by atoms with Gasteiger partial charge < -0.3 is 14.2 Å². The molecule has 1 aliphatic heterocycles. The number of hydrogen-bond acceptors (Lipinski definition) is 3. The van der Waals surface area contributed by atoms with Crippen molar-refractivity contribution in [1.82, 2.24) is 0 Å². The molecule has 0 unspecified atom stereocenters. The maximum atomic E-state index is 15.1. The standard InChI is InChI=1S/C25H24F4O3/c1-2-9-30-19-13-31-25(32-14-19)18-7-8-20-17(12-18)6-5-16(23(20)28)4-3-15-10-21(26)24(29)22(27)11-15/h5-8,10-12,19,25H,2-4,9,13-14H2,1H3. The van der Waals surface area contributed by atoms with Gasteiger partial charge >= 0.3 is 0 Å². The quantitative estimate of drug-likeness (QED) is 0.327. The zero-order chi connectivity index (χ0) is 22.7. The van der Waals surface area contributed by atoms with E-state index in [-0.39, 0.29) is 24.5 Å². The smallest absolute Gasteiger partial charge is 0.194 e. The largest absolute Gasteiger partial charge is 0.373 e. The average molecular weight is 448 g/mol. The molecule has 0 bridgehead atoms. The van der Waals surface area contributed by atoms with E-state index in [1.165, 1.54) is 0 Å². The Kier molecular flexibility index (Phi) is 7.08. The third-order valence-corrected chi connectivity index (χ3v) is 5.48. The number of hydrogen-bond donors (Lipinski definition) is 0. The Balaban J connectivity index is 1.46. The highest BCUT2D eigenvalue weighted by atomic mass is 19.2. The van der Waals surface area contributed by atoms with Gasteiger partial charge in [-0.2, -0.15) is 0 Å². The Bertz CT molecular complexity index is 1070. The predicted octanol–water partition coefficient (Wildman–Crippen LogP) is 6.02. The zero-order valence-corrected chi connectivity index (χ0v) is 17.7. The van der Waals surface area contributed by atoms with Crippen LogP contribution in [0.25, 0.3) is 10.8 Å². The monoisotopic (exact) mass is 448 g/mol. The summed E-state index contributed by atoms with van der Waals surface area (Å²) in [7, 11) is 0. The van der Waals surface area contributed by atoms with Crippen LogP contribution in [0.2, 0.25) is 0 Å². The van der Waals surface area contributed by atoms with Crippen molar-refractivity contribution in [2.24, 2.45) is 0 Å². The molecule has 0 N–H and O–H groups in total. The lowest BCUT2D eigenvalue weighted by Crippen LogP contribution is -2.33. The molecule has 3 aromatic carbocycles. The number of benzene rings is 3. The Hall–Kier alpha value is -2.48. The van der Waals surface area contributed by atoms with Gasteiger partial charge in [-0.05, 0) is 54.0 Å². The summed E-state index contributed by atoms with van der Waals surface area (Å²) >= 11 is 0. The summed E-state index contributed by atoms with van der Waals surface area (Å²) in [4.78, 5) is 0. The molecule has 3 nitrogen and oxygen atoms in total. The van der Waals surface area contributed by atoms with Crippen molar-refractivity contribution in [1.29, 1.82) is 0 Å². The molecule has 0 aliphatic carbocycles. The molecule has 1 heterocycles. The van der Waals surface area contributed by atoms with Crippen LogP contribution in [-0.2, 0) is 27.1 Å². The molecular formula is C25H24F4O3. The van der Waals surface area contributed by atoms with E-state index in [0.717, 1.165) is 24.1 Å². The van der Waals surface area contributed by atoms with Crippen LogP contribution in [0.3, 0.4) is 0 Å². The molecule has 0 atom stereocenters. The lowest BCUT2D eigenvalue weighted by Gasteiger charge is -2.29. The Morgan fingerprint density at radius 2 is 1.59 bits per heavy atom. The summed E-state index contributed by atoms with van der Waals surface area (Å²) < 4.78 is 72.1. The molecule has 0 amide bonds. The molecule has 32 heavy (non-hydrogen) atoms. The SMILES string of the molecule is CCCOC1COC(c2ccc3c(F)c(CCc4cc(F)c(F)c(F)c4)ccc3c2)OC1. The first kappa shape index (κ1) is 22.7. The van der Waals surface area contributed by atoms with Gasteiger partial charge in [0.05, 0.1) is 13.2 Å². The minimum Gasteiger partial charge on any atom is -0.373 e. The molecular weight excluding hydrogens is 424 g/mol. The van der Waals surface area contributed by atoms with E-state index in [2.05, 4.69) is 0 Å². The highest BCUT2D eigenvalue weighted by Gasteiger charge is 2.24. The third kappa shape index (κ3) is 4.95. The highest BCUT2D eigenvalue weighted by Crippen LogP contribution is 2.29. The summed E-state index contributed by atoms with van der Waals surface area (Å²) in [5, 5.41) is 1.13. The van der Waals surface area contributed by atoms with E-state index in [1.54, 1.807) is 24.3 Å². The Labute approximate surface area is 183 Å². The second kappa shape index (κ2) is 9.98. The first-order valence-corrected chi connectivity index (χ1v) is 10.7. The van der Waals surface area contributed by atoms with Crippen molar-refractivity contribution in [3.8, 4) is 0 Å². The molecule has 7 heteroatoms. The van der Waals surface area contributed by atoms with Crippen LogP contribution in [0.15, 0.2) is 42.5 Å². The second-order valence-corrected chi connectivity index (χ2v) is 7.88. The molecule has 0 saturated carbocycles. The molecule has 1 fully saturated rings. The second-order valence-electron chi connectivity index (χ2n) is 7.88. The fourth-order valence-electron chi connectivity index (χ4n) is 3.79. The van der Waals surface area contributed by atoms with Crippen molar-refractivity contribution < 1.29 is 31.8 Å². The lowest BCUT2D eigenvalue weighted by atomic mass is 9.98. The number of halogens is 4. The van der Waals surface area contributed by atoms with E-state index in [0.29, 0.717) is 36.2 Å². The van der Waals surface area contributed by atoms with E-state index >= 15 is 4.39 Å². The molecule has 0 aromatic heterocycles.